The fraction of sp³-hybridized carbons (Fsp3) is 0.700. The molecule has 0 bridgehead atoms. The molecule has 0 spiro atoms. The van der Waals surface area contributed by atoms with Crippen molar-refractivity contribution < 1.29 is 9.90 Å². The van der Waals surface area contributed by atoms with Crippen LogP contribution in [0.3, 0.4) is 0 Å². The molecule has 1 aliphatic carbocycles. The fourth-order valence-corrected chi connectivity index (χ4v) is 1.59. The molecular weight excluding hydrogens is 152 g/mol. The largest absolute Gasteiger partial charge is 0.385 e. The molecule has 0 aromatic rings. The van der Waals surface area contributed by atoms with Crippen molar-refractivity contribution in [2.75, 3.05) is 0 Å². The minimum absolute atomic E-state index is 0.0613. The average Bonchev–Trinajstić information content (AvgIpc) is 2.00. The Morgan fingerprint density at radius 3 is 2.58 bits per heavy atom. The van der Waals surface area contributed by atoms with Crippen LogP contribution in [0, 0.1) is 5.92 Å². The normalized spacial score (nSPS) is 30.7. The first-order valence-corrected chi connectivity index (χ1v) is 4.42. The monoisotopic (exact) mass is 168 g/mol. The minimum atomic E-state index is -0.761. The molecule has 1 saturated carbocycles. The van der Waals surface area contributed by atoms with Crippen LogP contribution in [0.25, 0.3) is 0 Å². The summed E-state index contributed by atoms with van der Waals surface area (Å²) in [4.78, 5) is 11.5. The molecule has 1 N–H and O–H groups in total. The summed E-state index contributed by atoms with van der Waals surface area (Å²) in [6.45, 7) is 5.77. The molecule has 2 nitrogen and oxygen atoms in total. The number of hydrogen-bond acceptors (Lipinski definition) is 2. The first kappa shape index (κ1) is 9.46. The van der Waals surface area contributed by atoms with Crippen LogP contribution in [0.15, 0.2) is 11.1 Å². The molecule has 0 aromatic carbocycles. The van der Waals surface area contributed by atoms with Gasteiger partial charge in [0.1, 0.15) is 6.10 Å². The van der Waals surface area contributed by atoms with Crippen molar-refractivity contribution in [3.8, 4) is 0 Å². The molecule has 1 rings (SSSR count). The lowest BCUT2D eigenvalue weighted by atomic mass is 9.82. The van der Waals surface area contributed by atoms with Crippen LogP contribution in [0.5, 0.6) is 0 Å². The third-order valence-corrected chi connectivity index (χ3v) is 2.56. The summed E-state index contributed by atoms with van der Waals surface area (Å²) in [5, 5.41) is 9.48. The predicted molar refractivity (Wildman–Crippen MR) is 47.8 cm³/mol. The van der Waals surface area contributed by atoms with E-state index in [2.05, 4.69) is 0 Å². The highest BCUT2D eigenvalue weighted by Crippen LogP contribution is 2.27. The molecule has 0 heterocycles. The zero-order valence-corrected chi connectivity index (χ0v) is 7.92. The van der Waals surface area contributed by atoms with Crippen LogP contribution < -0.4 is 0 Å². The summed E-state index contributed by atoms with van der Waals surface area (Å²) >= 11 is 0. The Kier molecular flexibility index (Phi) is 2.68. The second-order valence-electron chi connectivity index (χ2n) is 3.80. The Labute approximate surface area is 73.3 Å². The molecule has 0 unspecified atom stereocenters. The van der Waals surface area contributed by atoms with Crippen molar-refractivity contribution in [1.82, 2.24) is 0 Å². The van der Waals surface area contributed by atoms with Crippen LogP contribution in [0.4, 0.5) is 0 Å². The van der Waals surface area contributed by atoms with E-state index in [1.54, 1.807) is 0 Å². The number of aliphatic hydroxyl groups excluding tert-OH is 1. The van der Waals surface area contributed by atoms with Gasteiger partial charge in [-0.3, -0.25) is 4.79 Å². The van der Waals surface area contributed by atoms with Crippen LogP contribution in [-0.4, -0.2) is 17.0 Å². The predicted octanol–water partition coefficient (Wildman–Crippen LogP) is 1.68. The lowest BCUT2D eigenvalue weighted by Gasteiger charge is -2.25. The van der Waals surface area contributed by atoms with Crippen LogP contribution in [0.2, 0.25) is 0 Å². The molecule has 0 saturated heterocycles. The lowest BCUT2D eigenvalue weighted by molar-refractivity contribution is -0.127. The van der Waals surface area contributed by atoms with Gasteiger partial charge in [0, 0.05) is 0 Å². The Balaban J connectivity index is 2.87. The Hall–Kier alpha value is -0.630. The van der Waals surface area contributed by atoms with Crippen molar-refractivity contribution in [3.63, 3.8) is 0 Å². The van der Waals surface area contributed by atoms with Gasteiger partial charge in [0.15, 0.2) is 5.78 Å². The average molecular weight is 168 g/mol. The first-order chi connectivity index (χ1) is 5.54. The summed E-state index contributed by atoms with van der Waals surface area (Å²) in [5.74, 6) is 0.0642. The number of hydrogen-bond donors (Lipinski definition) is 1. The van der Waals surface area contributed by atoms with Crippen molar-refractivity contribution in [2.24, 2.45) is 5.92 Å². The van der Waals surface area contributed by atoms with E-state index in [4.69, 9.17) is 0 Å². The van der Waals surface area contributed by atoms with E-state index < -0.39 is 6.10 Å². The van der Waals surface area contributed by atoms with Gasteiger partial charge in [0.25, 0.3) is 0 Å². The Morgan fingerprint density at radius 1 is 1.50 bits per heavy atom. The molecule has 2 heteroatoms. The van der Waals surface area contributed by atoms with Gasteiger partial charge in [-0.1, -0.05) is 12.5 Å². The van der Waals surface area contributed by atoms with E-state index in [9.17, 15) is 9.90 Å². The molecule has 0 aliphatic heterocycles. The molecule has 2 atom stereocenters. The van der Waals surface area contributed by atoms with Crippen molar-refractivity contribution in [2.45, 2.75) is 39.7 Å². The summed E-state index contributed by atoms with van der Waals surface area (Å²) in [7, 11) is 0. The van der Waals surface area contributed by atoms with Gasteiger partial charge < -0.3 is 5.11 Å². The van der Waals surface area contributed by atoms with Crippen molar-refractivity contribution >= 4 is 5.78 Å². The first-order valence-electron chi connectivity index (χ1n) is 4.42. The number of carbonyl (C=O) groups excluding carboxylic acids is 1. The molecule has 0 amide bonds. The summed E-state index contributed by atoms with van der Waals surface area (Å²) in [6.07, 6.45) is 0.996. The molecule has 68 valence electrons. The summed E-state index contributed by atoms with van der Waals surface area (Å²) in [5.41, 5.74) is 1.88. The number of rotatable bonds is 0. The highest BCUT2D eigenvalue weighted by atomic mass is 16.3. The van der Waals surface area contributed by atoms with Gasteiger partial charge in [-0.2, -0.15) is 0 Å². The number of aliphatic hydroxyl groups is 1. The molecule has 0 radical (unpaired) electrons. The van der Waals surface area contributed by atoms with Crippen molar-refractivity contribution in [3.05, 3.63) is 11.1 Å². The van der Waals surface area contributed by atoms with Gasteiger partial charge >= 0.3 is 0 Å². The molecule has 12 heavy (non-hydrogen) atoms. The van der Waals surface area contributed by atoms with E-state index in [0.29, 0.717) is 0 Å². The zero-order chi connectivity index (χ0) is 9.30. The van der Waals surface area contributed by atoms with Gasteiger partial charge in [0.2, 0.25) is 0 Å². The molecular formula is C10H16O2. The van der Waals surface area contributed by atoms with Gasteiger partial charge in [-0.15, -0.1) is 0 Å². The molecule has 1 aliphatic rings. The molecule has 1 fully saturated rings. The number of Topliss-reactive ketones (excluding diaryl/α,β-unsaturated/α-hetero) is 1. The topological polar surface area (TPSA) is 37.3 Å². The Bertz CT molecular complexity index is 224. The maximum atomic E-state index is 11.5. The van der Waals surface area contributed by atoms with Gasteiger partial charge in [-0.25, -0.2) is 0 Å². The highest BCUT2D eigenvalue weighted by molar-refractivity contribution is 6.00. The second-order valence-corrected chi connectivity index (χ2v) is 3.80. The third-order valence-electron chi connectivity index (χ3n) is 2.56. The highest BCUT2D eigenvalue weighted by Gasteiger charge is 2.30. The summed E-state index contributed by atoms with van der Waals surface area (Å²) < 4.78 is 0. The SMILES string of the molecule is CC(C)=C1CC[C@@H](C)[C@H](O)C1=O. The van der Waals surface area contributed by atoms with Gasteiger partial charge in [0.05, 0.1) is 0 Å². The minimum Gasteiger partial charge on any atom is -0.385 e. The number of carbonyl (C=O) groups is 1. The summed E-state index contributed by atoms with van der Waals surface area (Å²) in [6, 6.07) is 0. The zero-order valence-electron chi connectivity index (χ0n) is 7.92. The third kappa shape index (κ3) is 1.58. The lowest BCUT2D eigenvalue weighted by Crippen LogP contribution is -2.33. The van der Waals surface area contributed by atoms with Crippen molar-refractivity contribution in [1.29, 1.82) is 0 Å². The van der Waals surface area contributed by atoms with E-state index in [1.165, 1.54) is 0 Å². The standard InChI is InChI=1S/C10H16O2/c1-6(2)8-5-4-7(3)9(11)10(8)12/h7,9,11H,4-5H2,1-3H3/t7-,9+/m1/s1. The van der Waals surface area contributed by atoms with E-state index >= 15 is 0 Å². The van der Waals surface area contributed by atoms with E-state index in [0.717, 1.165) is 24.0 Å². The second kappa shape index (κ2) is 3.40. The smallest absolute Gasteiger partial charge is 0.187 e. The Morgan fingerprint density at radius 2 is 2.08 bits per heavy atom. The van der Waals surface area contributed by atoms with Crippen LogP contribution in [-0.2, 0) is 4.79 Å². The quantitative estimate of drug-likeness (QED) is 0.559. The van der Waals surface area contributed by atoms with E-state index in [-0.39, 0.29) is 11.7 Å². The maximum Gasteiger partial charge on any atom is 0.187 e. The van der Waals surface area contributed by atoms with Gasteiger partial charge in [-0.05, 0) is 38.2 Å². The van der Waals surface area contributed by atoms with Crippen LogP contribution >= 0.6 is 0 Å². The molecule has 0 aromatic heterocycles. The number of ketones is 1. The van der Waals surface area contributed by atoms with Crippen LogP contribution in [0.1, 0.15) is 33.6 Å². The fourth-order valence-electron chi connectivity index (χ4n) is 1.59. The maximum absolute atomic E-state index is 11.5. The van der Waals surface area contributed by atoms with E-state index in [1.807, 2.05) is 20.8 Å². The number of allylic oxidation sites excluding steroid dienone is 1.